The van der Waals surface area contributed by atoms with Crippen molar-refractivity contribution in [3.8, 4) is 11.1 Å². The van der Waals surface area contributed by atoms with Crippen LogP contribution in [0.25, 0.3) is 11.1 Å². The van der Waals surface area contributed by atoms with E-state index in [0.29, 0.717) is 4.90 Å². The number of fused-ring (bicyclic) bond motifs is 3. The van der Waals surface area contributed by atoms with Crippen molar-refractivity contribution < 1.29 is 42.5 Å². The smallest absolute Gasteiger partial charge is 0.409 e. The van der Waals surface area contributed by atoms with Crippen LogP contribution in [0.2, 0.25) is 0 Å². The van der Waals surface area contributed by atoms with Crippen LogP contribution in [0.3, 0.4) is 0 Å². The number of alkyl halides is 3. The summed E-state index contributed by atoms with van der Waals surface area (Å²) >= 11 is 0. The Balaban J connectivity index is 1.42. The van der Waals surface area contributed by atoms with E-state index in [9.17, 15) is 37.8 Å². The minimum Gasteiger partial charge on any atom is -0.480 e. The molecule has 0 bridgehead atoms. The summed E-state index contributed by atoms with van der Waals surface area (Å²) < 4.78 is 45.9. The van der Waals surface area contributed by atoms with Crippen LogP contribution in [0.1, 0.15) is 29.9 Å². The number of ether oxygens (including phenoxy) is 1. The molecule has 1 fully saturated rings. The number of carbonyl (C=O) groups excluding carboxylic acids is 2. The zero-order valence-electron chi connectivity index (χ0n) is 18.4. The molecule has 186 valence electrons. The van der Waals surface area contributed by atoms with E-state index in [1.54, 1.807) is 5.32 Å². The third kappa shape index (κ3) is 5.09. The number of halogens is 3. The molecule has 0 aromatic heterocycles. The summed E-state index contributed by atoms with van der Waals surface area (Å²) in [5.74, 6) is -2.93. The van der Waals surface area contributed by atoms with E-state index < -0.39 is 55.3 Å². The zero-order valence-corrected chi connectivity index (χ0v) is 18.4. The number of carboxylic acid groups (broad SMARTS) is 1. The second-order valence-electron chi connectivity index (χ2n) is 8.56. The van der Waals surface area contributed by atoms with Crippen LogP contribution in [-0.4, -0.2) is 70.6 Å². The molecule has 2 amide bonds. The summed E-state index contributed by atoms with van der Waals surface area (Å²) in [6.45, 7) is -0.608. The molecular weight excluding hydrogens is 469 g/mol. The van der Waals surface area contributed by atoms with Crippen LogP contribution in [0, 0.1) is 0 Å². The molecule has 2 aliphatic rings. The maximum atomic E-state index is 13.6. The molecular formula is C24H23F3N2O6. The molecule has 2 aromatic rings. The number of carbonyl (C=O) groups is 3. The van der Waals surface area contributed by atoms with Crippen molar-refractivity contribution in [2.45, 2.75) is 43.1 Å². The van der Waals surface area contributed by atoms with Crippen LogP contribution >= 0.6 is 0 Å². The minimum absolute atomic E-state index is 0.211. The van der Waals surface area contributed by atoms with Gasteiger partial charge in [-0.1, -0.05) is 48.5 Å². The van der Waals surface area contributed by atoms with Crippen LogP contribution < -0.4 is 5.32 Å². The first-order chi connectivity index (χ1) is 16.6. The number of benzene rings is 2. The molecule has 1 heterocycles. The number of nitrogens with zero attached hydrogens (tertiary/aromatic N) is 1. The average Bonchev–Trinajstić information content (AvgIpc) is 3.35. The van der Waals surface area contributed by atoms with Crippen LogP contribution in [0.5, 0.6) is 0 Å². The molecule has 3 N–H and O–H groups in total. The summed E-state index contributed by atoms with van der Waals surface area (Å²) in [5.41, 5.74) is 3.68. The number of likely N-dealkylation sites (tertiary alicyclic amines) is 1. The minimum atomic E-state index is -4.99. The van der Waals surface area contributed by atoms with E-state index in [4.69, 9.17) is 4.74 Å². The molecule has 4 rings (SSSR count). The van der Waals surface area contributed by atoms with Crippen molar-refractivity contribution in [3.05, 3.63) is 59.7 Å². The summed E-state index contributed by atoms with van der Waals surface area (Å²) in [4.78, 5) is 36.7. The molecule has 0 saturated carbocycles. The fourth-order valence-corrected chi connectivity index (χ4v) is 4.65. The number of hydrogen-bond donors (Lipinski definition) is 3. The molecule has 0 radical (unpaired) electrons. The van der Waals surface area contributed by atoms with E-state index in [2.05, 4.69) is 0 Å². The van der Waals surface area contributed by atoms with Gasteiger partial charge in [0.2, 0.25) is 5.91 Å². The lowest BCUT2D eigenvalue weighted by Gasteiger charge is -2.26. The van der Waals surface area contributed by atoms with Gasteiger partial charge in [0.05, 0.1) is 12.5 Å². The standard InChI is InChI=1S/C24H23F3N2O6/c25-24(26,27)20(10-21(31)29-11-13(30)9-19(29)22(32)33)28-23(34)35-12-18-16-7-3-1-5-14(16)15-6-2-4-8-17(15)18/h1-8,13,18-20,30H,9-12H2,(H,28,34)(H,32,33)/t13-,19-,20?/m0/s1. The molecule has 35 heavy (non-hydrogen) atoms. The van der Waals surface area contributed by atoms with Gasteiger partial charge in [-0.05, 0) is 22.3 Å². The lowest BCUT2D eigenvalue weighted by Crippen LogP contribution is -2.50. The van der Waals surface area contributed by atoms with Gasteiger partial charge in [0.15, 0.2) is 0 Å². The average molecular weight is 492 g/mol. The highest BCUT2D eigenvalue weighted by Gasteiger charge is 2.46. The van der Waals surface area contributed by atoms with Crippen molar-refractivity contribution in [1.29, 1.82) is 0 Å². The van der Waals surface area contributed by atoms with Crippen LogP contribution in [-0.2, 0) is 14.3 Å². The molecule has 2 aromatic carbocycles. The van der Waals surface area contributed by atoms with Gasteiger partial charge >= 0.3 is 18.2 Å². The number of amides is 2. The number of aliphatic hydroxyl groups excluding tert-OH is 1. The lowest BCUT2D eigenvalue weighted by molar-refractivity contribution is -0.165. The Morgan fingerprint density at radius 2 is 1.63 bits per heavy atom. The summed E-state index contributed by atoms with van der Waals surface area (Å²) in [7, 11) is 0. The normalized spacial score (nSPS) is 20.2. The summed E-state index contributed by atoms with van der Waals surface area (Å²) in [5, 5.41) is 20.5. The molecule has 8 nitrogen and oxygen atoms in total. The topological polar surface area (TPSA) is 116 Å². The van der Waals surface area contributed by atoms with Gasteiger partial charge < -0.3 is 25.2 Å². The Hall–Kier alpha value is -3.60. The maximum Gasteiger partial charge on any atom is 0.409 e. The van der Waals surface area contributed by atoms with Crippen LogP contribution in [0.4, 0.5) is 18.0 Å². The predicted molar refractivity (Wildman–Crippen MR) is 116 cm³/mol. The van der Waals surface area contributed by atoms with Gasteiger partial charge in [-0.3, -0.25) is 4.79 Å². The first kappa shape index (κ1) is 24.5. The van der Waals surface area contributed by atoms with Crippen molar-refractivity contribution >= 4 is 18.0 Å². The Morgan fingerprint density at radius 3 is 2.17 bits per heavy atom. The molecule has 3 atom stereocenters. The van der Waals surface area contributed by atoms with Gasteiger partial charge in [-0.25, -0.2) is 9.59 Å². The predicted octanol–water partition coefficient (Wildman–Crippen LogP) is 2.89. The molecule has 1 saturated heterocycles. The number of rotatable bonds is 6. The quantitative estimate of drug-likeness (QED) is 0.571. The SMILES string of the molecule is O=C(NC(CC(=O)N1C[C@@H](O)C[C@H]1C(=O)O)C(F)(F)F)OCC1c2ccccc2-c2ccccc21. The molecule has 1 unspecified atom stereocenters. The largest absolute Gasteiger partial charge is 0.480 e. The fraction of sp³-hybridized carbons (Fsp3) is 0.375. The molecule has 1 aliphatic carbocycles. The van der Waals surface area contributed by atoms with E-state index in [-0.39, 0.29) is 18.9 Å². The van der Waals surface area contributed by atoms with Gasteiger partial charge in [0.1, 0.15) is 18.7 Å². The van der Waals surface area contributed by atoms with E-state index in [1.807, 2.05) is 48.5 Å². The van der Waals surface area contributed by atoms with E-state index >= 15 is 0 Å². The lowest BCUT2D eigenvalue weighted by atomic mass is 9.98. The Morgan fingerprint density at radius 1 is 1.06 bits per heavy atom. The van der Waals surface area contributed by atoms with E-state index in [0.717, 1.165) is 22.3 Å². The Kier molecular flexibility index (Phi) is 6.70. The van der Waals surface area contributed by atoms with Crippen molar-refractivity contribution in [1.82, 2.24) is 10.2 Å². The number of nitrogens with one attached hydrogen (secondary N) is 1. The van der Waals surface area contributed by atoms with Gasteiger partial charge in [0.25, 0.3) is 0 Å². The van der Waals surface area contributed by atoms with Gasteiger partial charge in [-0.2, -0.15) is 13.2 Å². The van der Waals surface area contributed by atoms with Crippen molar-refractivity contribution in [3.63, 3.8) is 0 Å². The highest BCUT2D eigenvalue weighted by Crippen LogP contribution is 2.44. The second-order valence-corrected chi connectivity index (χ2v) is 8.56. The first-order valence-corrected chi connectivity index (χ1v) is 10.9. The second kappa shape index (κ2) is 9.57. The fourth-order valence-electron chi connectivity index (χ4n) is 4.65. The van der Waals surface area contributed by atoms with Crippen molar-refractivity contribution in [2.75, 3.05) is 13.2 Å². The number of β-amino-alcohol motifs (C(OH)–C–C–N with tert-alkyl or cyclic N) is 1. The highest BCUT2D eigenvalue weighted by atomic mass is 19.4. The number of aliphatic hydroxyl groups is 1. The number of hydrogen-bond acceptors (Lipinski definition) is 5. The maximum absolute atomic E-state index is 13.6. The summed E-state index contributed by atoms with van der Waals surface area (Å²) in [6.07, 6.45) is -8.99. The Labute approximate surface area is 198 Å². The molecule has 11 heteroatoms. The van der Waals surface area contributed by atoms with E-state index in [1.165, 1.54) is 0 Å². The molecule has 0 spiro atoms. The number of alkyl carbamates (subject to hydrolysis) is 1. The third-order valence-corrected chi connectivity index (χ3v) is 6.29. The van der Waals surface area contributed by atoms with Gasteiger partial charge in [-0.15, -0.1) is 0 Å². The van der Waals surface area contributed by atoms with Gasteiger partial charge in [0, 0.05) is 18.9 Å². The van der Waals surface area contributed by atoms with Crippen LogP contribution in [0.15, 0.2) is 48.5 Å². The molecule has 1 aliphatic heterocycles. The number of aliphatic carboxylic acids is 1. The monoisotopic (exact) mass is 492 g/mol. The Bertz CT molecular complexity index is 1090. The van der Waals surface area contributed by atoms with Crippen molar-refractivity contribution in [2.24, 2.45) is 0 Å². The highest BCUT2D eigenvalue weighted by molar-refractivity contribution is 5.85. The third-order valence-electron chi connectivity index (χ3n) is 6.29. The number of carboxylic acids is 1. The summed E-state index contributed by atoms with van der Waals surface area (Å²) in [6, 6.07) is 10.9. The zero-order chi connectivity index (χ0) is 25.3. The first-order valence-electron chi connectivity index (χ1n) is 10.9.